The fourth-order valence-corrected chi connectivity index (χ4v) is 5.17. The molecular weight excluding hydrogens is 474 g/mol. The van der Waals surface area contributed by atoms with Crippen LogP contribution in [0, 0.1) is 0 Å². The lowest BCUT2D eigenvalue weighted by molar-refractivity contribution is -0.132. The molecule has 1 fully saturated rings. The van der Waals surface area contributed by atoms with Crippen molar-refractivity contribution < 1.29 is 19.4 Å². The monoisotopic (exact) mass is 491 g/mol. The molecule has 3 heterocycles. The Hall–Kier alpha value is -3.75. The number of aliphatic hydroxyl groups excluding tert-OH is 1. The summed E-state index contributed by atoms with van der Waals surface area (Å²) in [4.78, 5) is 36.5. The van der Waals surface area contributed by atoms with Gasteiger partial charge in [-0.05, 0) is 61.0 Å². The highest BCUT2D eigenvalue weighted by Gasteiger charge is 2.48. The van der Waals surface area contributed by atoms with Crippen LogP contribution in [0.2, 0.25) is 5.02 Å². The van der Waals surface area contributed by atoms with Crippen LogP contribution in [-0.4, -0.2) is 33.4 Å². The number of nitrogens with zero attached hydrogens (tertiary/aromatic N) is 3. The van der Waals surface area contributed by atoms with Gasteiger partial charge in [-0.25, -0.2) is 4.98 Å². The molecule has 1 aliphatic rings. The maximum Gasteiger partial charge on any atom is 0.301 e. The highest BCUT2D eigenvalue weighted by Crippen LogP contribution is 2.44. The zero-order chi connectivity index (χ0) is 23.8. The highest BCUT2D eigenvalue weighted by molar-refractivity contribution is 7.22. The van der Waals surface area contributed by atoms with Gasteiger partial charge in [-0.2, -0.15) is 0 Å². The lowest BCUT2D eigenvalue weighted by Gasteiger charge is -2.22. The second-order valence-corrected chi connectivity index (χ2v) is 8.97. The van der Waals surface area contributed by atoms with Crippen molar-refractivity contribution in [1.29, 1.82) is 0 Å². The van der Waals surface area contributed by atoms with E-state index in [1.165, 1.54) is 16.2 Å². The van der Waals surface area contributed by atoms with Crippen LogP contribution in [0.25, 0.3) is 16.0 Å². The fourth-order valence-electron chi connectivity index (χ4n) is 3.90. The van der Waals surface area contributed by atoms with Crippen LogP contribution >= 0.6 is 22.9 Å². The number of carbonyl (C=O) groups is 2. The number of thiazole rings is 1. The van der Waals surface area contributed by atoms with Gasteiger partial charge in [0.2, 0.25) is 0 Å². The molecule has 9 heteroatoms. The van der Waals surface area contributed by atoms with Gasteiger partial charge in [-0.3, -0.25) is 19.5 Å². The van der Waals surface area contributed by atoms with Crippen LogP contribution in [0.5, 0.6) is 5.75 Å². The Balaban J connectivity index is 1.67. The average molecular weight is 492 g/mol. The highest BCUT2D eigenvalue weighted by atomic mass is 35.5. The summed E-state index contributed by atoms with van der Waals surface area (Å²) < 4.78 is 6.23. The molecule has 1 N–H and O–H groups in total. The van der Waals surface area contributed by atoms with Crippen molar-refractivity contribution in [3.63, 3.8) is 0 Å². The third kappa shape index (κ3) is 3.81. The smallest absolute Gasteiger partial charge is 0.301 e. The van der Waals surface area contributed by atoms with Crippen LogP contribution in [-0.2, 0) is 9.59 Å². The largest absolute Gasteiger partial charge is 0.507 e. The predicted molar refractivity (Wildman–Crippen MR) is 131 cm³/mol. The van der Waals surface area contributed by atoms with E-state index in [0.717, 1.165) is 4.70 Å². The molecule has 0 bridgehead atoms. The van der Waals surface area contributed by atoms with E-state index >= 15 is 0 Å². The minimum atomic E-state index is -0.892. The average Bonchev–Trinajstić information content (AvgIpc) is 3.37. The lowest BCUT2D eigenvalue weighted by Crippen LogP contribution is -2.29. The number of aromatic nitrogens is 2. The first kappa shape index (κ1) is 22.1. The number of anilines is 1. The molecule has 170 valence electrons. The molecule has 0 spiro atoms. The number of ketones is 1. The molecular formula is C25H18ClN3O4S. The maximum atomic E-state index is 13.3. The number of ether oxygens (including phenoxy) is 1. The molecule has 5 rings (SSSR count). The predicted octanol–water partition coefficient (Wildman–Crippen LogP) is 5.37. The second-order valence-electron chi connectivity index (χ2n) is 7.52. The quantitative estimate of drug-likeness (QED) is 0.229. The fraction of sp³-hybridized carbons (Fsp3) is 0.120. The number of fused-ring (bicyclic) bond motifs is 1. The van der Waals surface area contributed by atoms with E-state index in [9.17, 15) is 14.7 Å². The van der Waals surface area contributed by atoms with Gasteiger partial charge < -0.3 is 9.84 Å². The maximum absolute atomic E-state index is 13.3. The van der Waals surface area contributed by atoms with E-state index in [-0.39, 0.29) is 11.3 Å². The topological polar surface area (TPSA) is 92.6 Å². The zero-order valence-electron chi connectivity index (χ0n) is 17.9. The van der Waals surface area contributed by atoms with E-state index in [1.807, 2.05) is 6.92 Å². The van der Waals surface area contributed by atoms with E-state index < -0.39 is 17.7 Å². The minimum Gasteiger partial charge on any atom is -0.507 e. The molecule has 0 radical (unpaired) electrons. The summed E-state index contributed by atoms with van der Waals surface area (Å²) in [6.07, 6.45) is 3.17. The van der Waals surface area contributed by atoms with E-state index in [2.05, 4.69) is 9.97 Å². The molecule has 2 aromatic carbocycles. The van der Waals surface area contributed by atoms with Crippen molar-refractivity contribution in [1.82, 2.24) is 9.97 Å². The summed E-state index contributed by atoms with van der Waals surface area (Å²) in [5, 5.41) is 12.1. The van der Waals surface area contributed by atoms with E-state index in [0.29, 0.717) is 39.2 Å². The Labute approximate surface area is 203 Å². The van der Waals surface area contributed by atoms with Gasteiger partial charge in [0.05, 0.1) is 28.4 Å². The second kappa shape index (κ2) is 8.89. The molecule has 1 saturated heterocycles. The van der Waals surface area contributed by atoms with Crippen molar-refractivity contribution in [3.8, 4) is 5.75 Å². The summed E-state index contributed by atoms with van der Waals surface area (Å²) in [6, 6.07) is 14.5. The Morgan fingerprint density at radius 2 is 1.97 bits per heavy atom. The number of carbonyl (C=O) groups excluding carboxylic acids is 2. The van der Waals surface area contributed by atoms with Gasteiger partial charge in [0, 0.05) is 23.0 Å². The van der Waals surface area contributed by atoms with Crippen molar-refractivity contribution in [2.75, 3.05) is 11.5 Å². The van der Waals surface area contributed by atoms with Crippen LogP contribution in [0.3, 0.4) is 0 Å². The molecule has 1 aliphatic heterocycles. The van der Waals surface area contributed by atoms with Gasteiger partial charge in [0.25, 0.3) is 5.78 Å². The molecule has 0 aliphatic carbocycles. The molecule has 1 atom stereocenters. The first-order valence-corrected chi connectivity index (χ1v) is 11.7. The van der Waals surface area contributed by atoms with Gasteiger partial charge in [0.1, 0.15) is 11.5 Å². The van der Waals surface area contributed by atoms with Gasteiger partial charge in [0.15, 0.2) is 5.13 Å². The van der Waals surface area contributed by atoms with E-state index in [4.69, 9.17) is 16.3 Å². The Kier molecular flexibility index (Phi) is 5.77. The Morgan fingerprint density at radius 3 is 2.68 bits per heavy atom. The normalized spacial score (nSPS) is 17.5. The van der Waals surface area contributed by atoms with Gasteiger partial charge >= 0.3 is 5.91 Å². The number of rotatable bonds is 5. The molecule has 4 aromatic rings. The summed E-state index contributed by atoms with van der Waals surface area (Å²) in [5.41, 5.74) is 1.60. The number of pyridine rings is 1. The minimum absolute atomic E-state index is 0.0283. The third-order valence-corrected chi connectivity index (χ3v) is 6.68. The first-order valence-electron chi connectivity index (χ1n) is 10.5. The third-order valence-electron chi connectivity index (χ3n) is 5.43. The van der Waals surface area contributed by atoms with Gasteiger partial charge in [-0.15, -0.1) is 0 Å². The summed E-state index contributed by atoms with van der Waals surface area (Å²) in [6.45, 7) is 2.38. The van der Waals surface area contributed by atoms with Crippen LogP contribution < -0.4 is 9.64 Å². The Morgan fingerprint density at radius 1 is 1.18 bits per heavy atom. The van der Waals surface area contributed by atoms with Crippen molar-refractivity contribution in [2.45, 2.75) is 13.0 Å². The zero-order valence-corrected chi connectivity index (χ0v) is 19.5. The number of halogens is 1. The molecule has 1 unspecified atom stereocenters. The van der Waals surface area contributed by atoms with Crippen molar-refractivity contribution in [2.24, 2.45) is 0 Å². The SMILES string of the molecule is CCOc1ccc(C(O)=C2C(=O)C(=O)N(c3nc4ccc(Cl)cc4s3)C2c2cccnc2)cc1. The summed E-state index contributed by atoms with van der Waals surface area (Å²) >= 11 is 7.36. The summed E-state index contributed by atoms with van der Waals surface area (Å²) in [7, 11) is 0. The number of hydrogen-bond acceptors (Lipinski definition) is 7. The van der Waals surface area contributed by atoms with E-state index in [1.54, 1.807) is 67.0 Å². The molecule has 34 heavy (non-hydrogen) atoms. The van der Waals surface area contributed by atoms with Crippen molar-refractivity contribution in [3.05, 3.63) is 88.7 Å². The van der Waals surface area contributed by atoms with Crippen LogP contribution in [0.1, 0.15) is 24.1 Å². The molecule has 0 saturated carbocycles. The number of benzene rings is 2. The Bertz CT molecular complexity index is 1430. The first-order chi connectivity index (χ1) is 16.5. The van der Waals surface area contributed by atoms with Crippen LogP contribution in [0.4, 0.5) is 5.13 Å². The number of amides is 1. The van der Waals surface area contributed by atoms with Crippen LogP contribution in [0.15, 0.2) is 72.6 Å². The number of aliphatic hydroxyl groups is 1. The lowest BCUT2D eigenvalue weighted by atomic mass is 9.96. The number of Topliss-reactive ketones (excluding diaryl/α,β-unsaturated/α-hetero) is 1. The molecule has 2 aromatic heterocycles. The standard InChI is InChI=1S/C25H18ClN3O4S/c1-2-33-17-8-5-14(6-9-17)22(30)20-21(15-4-3-11-27-13-15)29(24(32)23(20)31)25-28-18-10-7-16(26)12-19(18)34-25/h3-13,21,30H,2H2,1H3. The van der Waals surface area contributed by atoms with Crippen molar-refractivity contribution >= 4 is 55.7 Å². The van der Waals surface area contributed by atoms with Gasteiger partial charge in [-0.1, -0.05) is 29.0 Å². The molecule has 1 amide bonds. The summed E-state index contributed by atoms with van der Waals surface area (Å²) in [5.74, 6) is -1.21. The molecule has 7 nitrogen and oxygen atoms in total. The number of hydrogen-bond donors (Lipinski definition) is 1.